The van der Waals surface area contributed by atoms with Gasteiger partial charge in [-0.25, -0.2) is 4.79 Å². The highest BCUT2D eigenvalue weighted by molar-refractivity contribution is 5.82. The largest absolute Gasteiger partial charge is 0.479 e. The number of nitrogens with one attached hydrogen (secondary N) is 1. The lowest BCUT2D eigenvalue weighted by Crippen LogP contribution is -2.66. The third-order valence-corrected chi connectivity index (χ3v) is 10.3. The van der Waals surface area contributed by atoms with Gasteiger partial charge in [0.2, 0.25) is 0 Å². The fourth-order valence-corrected chi connectivity index (χ4v) is 6.95. The Morgan fingerprint density at radius 1 is 0.649 bits per heavy atom. The van der Waals surface area contributed by atoms with E-state index in [2.05, 4.69) is 5.32 Å². The van der Waals surface area contributed by atoms with Crippen LogP contribution in [0.1, 0.15) is 12.5 Å². The SMILES string of the molecule is CC1OC(COC2OC(CO)C(O)C(OC3OC(C(=O)N[C@H](CO)Cc4ccccc4)C(O)C(O)C3O)C2O)C(O)C(OC2OC(C(=O)O)C(O)C(O)C2O)C1O. The van der Waals surface area contributed by atoms with Gasteiger partial charge in [-0.2, -0.15) is 0 Å². The lowest BCUT2D eigenvalue weighted by molar-refractivity contribution is -0.361. The van der Waals surface area contributed by atoms with Gasteiger partial charge in [-0.05, 0) is 18.9 Å². The highest BCUT2D eigenvalue weighted by atomic mass is 16.7. The van der Waals surface area contributed by atoms with Crippen molar-refractivity contribution >= 4 is 11.9 Å². The van der Waals surface area contributed by atoms with Crippen LogP contribution in [0.15, 0.2) is 30.3 Å². The van der Waals surface area contributed by atoms with E-state index in [-0.39, 0.29) is 6.42 Å². The summed E-state index contributed by atoms with van der Waals surface area (Å²) >= 11 is 0. The fourth-order valence-electron chi connectivity index (χ4n) is 6.95. The zero-order chi connectivity index (χ0) is 41.9. The molecule has 0 radical (unpaired) electrons. The molecule has 14 N–H and O–H groups in total. The molecule has 0 aromatic heterocycles. The molecule has 0 spiro atoms. The molecule has 324 valence electrons. The molecule has 21 atom stereocenters. The summed E-state index contributed by atoms with van der Waals surface area (Å²) < 4.78 is 38.6. The van der Waals surface area contributed by atoms with Crippen molar-refractivity contribution < 1.29 is 109 Å². The number of aliphatic hydroxyl groups is 12. The predicted octanol–water partition coefficient (Wildman–Crippen LogP) is -7.86. The zero-order valence-electron chi connectivity index (χ0n) is 30.3. The van der Waals surface area contributed by atoms with Crippen LogP contribution >= 0.6 is 0 Å². The Balaban J connectivity index is 1.24. The van der Waals surface area contributed by atoms with Crippen molar-refractivity contribution in [1.82, 2.24) is 5.32 Å². The lowest BCUT2D eigenvalue weighted by atomic mass is 9.94. The van der Waals surface area contributed by atoms with Gasteiger partial charge in [0, 0.05) is 0 Å². The first-order chi connectivity index (χ1) is 27.0. The second-order valence-electron chi connectivity index (χ2n) is 14.3. The monoisotopic (exact) mass is 825 g/mol. The Morgan fingerprint density at radius 2 is 1.19 bits per heavy atom. The van der Waals surface area contributed by atoms with E-state index in [1.165, 1.54) is 6.92 Å². The Kier molecular flexibility index (Phi) is 15.7. The Morgan fingerprint density at radius 3 is 1.75 bits per heavy atom. The molecule has 1 aromatic carbocycles. The van der Waals surface area contributed by atoms with Crippen molar-refractivity contribution in [2.75, 3.05) is 19.8 Å². The summed E-state index contributed by atoms with van der Waals surface area (Å²) in [5.74, 6) is -2.71. The number of aliphatic hydroxyl groups excluding tert-OH is 12. The Bertz CT molecular complexity index is 1450. The minimum atomic E-state index is -2.06. The van der Waals surface area contributed by atoms with E-state index in [1.54, 1.807) is 30.3 Å². The van der Waals surface area contributed by atoms with Crippen LogP contribution in [0.2, 0.25) is 0 Å². The summed E-state index contributed by atoms with van der Waals surface area (Å²) in [5, 5.41) is 138. The minimum absolute atomic E-state index is 0.178. The number of carboxylic acids is 1. The van der Waals surface area contributed by atoms with E-state index in [0.29, 0.717) is 0 Å². The van der Waals surface area contributed by atoms with Gasteiger partial charge in [0.15, 0.2) is 31.1 Å². The summed E-state index contributed by atoms with van der Waals surface area (Å²) in [5.41, 5.74) is 0.757. The zero-order valence-corrected chi connectivity index (χ0v) is 30.3. The van der Waals surface area contributed by atoms with Crippen molar-refractivity contribution in [2.24, 2.45) is 0 Å². The molecule has 4 aliphatic heterocycles. The molecule has 0 aliphatic carbocycles. The molecule has 0 bridgehead atoms. The molecule has 4 fully saturated rings. The summed E-state index contributed by atoms with van der Waals surface area (Å²) in [6.07, 6.45) is -36.8. The van der Waals surface area contributed by atoms with E-state index in [4.69, 9.17) is 33.2 Å². The first kappa shape index (κ1) is 45.5. The second-order valence-corrected chi connectivity index (χ2v) is 14.3. The predicted molar refractivity (Wildman–Crippen MR) is 180 cm³/mol. The van der Waals surface area contributed by atoms with Crippen molar-refractivity contribution in [2.45, 2.75) is 142 Å². The van der Waals surface area contributed by atoms with E-state index < -0.39 is 160 Å². The number of carboxylic acid groups (broad SMARTS) is 1. The number of ether oxygens (including phenoxy) is 7. The molecular formula is C34H51NO22. The quantitative estimate of drug-likeness (QED) is 0.0828. The molecule has 4 heterocycles. The van der Waals surface area contributed by atoms with Gasteiger partial charge in [-0.15, -0.1) is 0 Å². The first-order valence-corrected chi connectivity index (χ1v) is 18.1. The van der Waals surface area contributed by atoms with Gasteiger partial charge >= 0.3 is 5.97 Å². The van der Waals surface area contributed by atoms with Crippen molar-refractivity contribution in [3.63, 3.8) is 0 Å². The van der Waals surface area contributed by atoms with E-state index in [0.717, 1.165) is 5.56 Å². The van der Waals surface area contributed by atoms with Crippen LogP contribution in [0.4, 0.5) is 0 Å². The van der Waals surface area contributed by atoms with Gasteiger partial charge in [-0.3, -0.25) is 4.79 Å². The van der Waals surface area contributed by atoms with Gasteiger partial charge < -0.3 is 105 Å². The Labute approximate surface area is 324 Å². The molecule has 4 aliphatic rings. The van der Waals surface area contributed by atoms with E-state index in [1.807, 2.05) is 0 Å². The van der Waals surface area contributed by atoms with Gasteiger partial charge in [-0.1, -0.05) is 30.3 Å². The second kappa shape index (κ2) is 19.6. The van der Waals surface area contributed by atoms with Gasteiger partial charge in [0.1, 0.15) is 85.5 Å². The third-order valence-electron chi connectivity index (χ3n) is 10.3. The normalized spacial score (nSPS) is 44.6. The summed E-state index contributed by atoms with van der Waals surface area (Å²) in [4.78, 5) is 24.7. The molecule has 20 unspecified atom stereocenters. The van der Waals surface area contributed by atoms with Crippen LogP contribution in [-0.4, -0.2) is 227 Å². The van der Waals surface area contributed by atoms with Crippen LogP contribution in [0.3, 0.4) is 0 Å². The minimum Gasteiger partial charge on any atom is -0.479 e. The van der Waals surface area contributed by atoms with Crippen LogP contribution in [0.25, 0.3) is 0 Å². The van der Waals surface area contributed by atoms with E-state index >= 15 is 0 Å². The Hall–Kier alpha value is -2.60. The van der Waals surface area contributed by atoms with Crippen LogP contribution in [0.5, 0.6) is 0 Å². The summed E-state index contributed by atoms with van der Waals surface area (Å²) in [7, 11) is 0. The molecule has 23 heteroatoms. The molecule has 23 nitrogen and oxygen atoms in total. The van der Waals surface area contributed by atoms with E-state index in [9.17, 15) is 76.0 Å². The molecule has 57 heavy (non-hydrogen) atoms. The summed E-state index contributed by atoms with van der Waals surface area (Å²) in [6, 6.07) is 7.93. The van der Waals surface area contributed by atoms with Crippen molar-refractivity contribution in [1.29, 1.82) is 0 Å². The first-order valence-electron chi connectivity index (χ1n) is 18.1. The maximum Gasteiger partial charge on any atom is 0.335 e. The van der Waals surface area contributed by atoms with Gasteiger partial charge in [0.25, 0.3) is 5.91 Å². The lowest BCUT2D eigenvalue weighted by Gasteiger charge is -2.47. The topological polar surface area (TPSA) is 374 Å². The maximum atomic E-state index is 13.2. The standard InChI is InChI=1S/C34H51NO22/c1-11-16(38)26(54-34-24(46)20(42)22(44)29(57-34)31(49)50)18(40)15(52-11)10-51-32-25(47)27(17(39)14(9-37)53-32)55-33-23(45)19(41)21(43)28(56-33)30(48)35-13(8-36)7-12-5-3-2-4-6-12/h2-6,11,13-29,32-34,36-47H,7-10H2,1H3,(H,35,48)(H,49,50)/t11?,13-,14?,15?,16?,17?,18?,19?,20?,21?,22?,23?,24?,25?,26?,27?,28?,29?,32?,33?,34?/m0/s1. The number of amides is 1. The van der Waals surface area contributed by atoms with Gasteiger partial charge in [0.05, 0.1) is 32.0 Å². The molecule has 5 rings (SSSR count). The van der Waals surface area contributed by atoms with Crippen LogP contribution < -0.4 is 5.32 Å². The number of rotatable bonds is 14. The van der Waals surface area contributed by atoms with Crippen LogP contribution in [-0.2, 0) is 49.2 Å². The average Bonchev–Trinajstić information content (AvgIpc) is 3.19. The molecular weight excluding hydrogens is 774 g/mol. The third kappa shape index (κ3) is 10.1. The maximum absolute atomic E-state index is 13.2. The van der Waals surface area contributed by atoms with Crippen LogP contribution in [0, 0.1) is 0 Å². The molecule has 0 saturated carbocycles. The molecule has 1 amide bonds. The number of aliphatic carboxylic acids is 1. The summed E-state index contributed by atoms with van der Waals surface area (Å²) in [6.45, 7) is -0.734. The number of carbonyl (C=O) groups is 2. The molecule has 1 aromatic rings. The number of carbonyl (C=O) groups excluding carboxylic acids is 1. The van der Waals surface area contributed by atoms with Crippen molar-refractivity contribution in [3.05, 3.63) is 35.9 Å². The number of benzene rings is 1. The smallest absolute Gasteiger partial charge is 0.335 e. The highest BCUT2D eigenvalue weighted by Gasteiger charge is 2.54. The number of hydrogen-bond donors (Lipinski definition) is 14. The molecule has 4 saturated heterocycles. The number of hydrogen-bond acceptors (Lipinski definition) is 21. The fraction of sp³-hybridized carbons (Fsp3) is 0.765. The average molecular weight is 826 g/mol. The highest BCUT2D eigenvalue weighted by Crippen LogP contribution is 2.32. The van der Waals surface area contributed by atoms with Crippen molar-refractivity contribution in [3.8, 4) is 0 Å².